The number of aliphatic hydroxyl groups is 1. The zero-order chi connectivity index (χ0) is 13.0. The number of hydrogen-bond donors (Lipinski definition) is 2. The van der Waals surface area contributed by atoms with Crippen molar-refractivity contribution < 1.29 is 9.84 Å². The molecule has 0 aromatic rings. The van der Waals surface area contributed by atoms with Crippen LogP contribution in [0.15, 0.2) is 0 Å². The molecule has 0 bridgehead atoms. The summed E-state index contributed by atoms with van der Waals surface area (Å²) >= 11 is 0. The van der Waals surface area contributed by atoms with E-state index in [1.807, 2.05) is 7.05 Å². The van der Waals surface area contributed by atoms with Crippen molar-refractivity contribution in [1.29, 1.82) is 0 Å². The quantitative estimate of drug-likeness (QED) is 0.765. The van der Waals surface area contributed by atoms with E-state index in [1.54, 1.807) is 0 Å². The van der Waals surface area contributed by atoms with Crippen molar-refractivity contribution in [3.63, 3.8) is 0 Å². The molecule has 1 heterocycles. The molecule has 2 rings (SSSR count). The zero-order valence-corrected chi connectivity index (χ0v) is 11.8. The molecule has 3 atom stereocenters. The zero-order valence-electron chi connectivity index (χ0n) is 11.8. The Morgan fingerprint density at radius 2 is 2.33 bits per heavy atom. The molecule has 18 heavy (non-hydrogen) atoms. The lowest BCUT2D eigenvalue weighted by Gasteiger charge is -2.36. The van der Waals surface area contributed by atoms with Gasteiger partial charge in [0.2, 0.25) is 0 Å². The lowest BCUT2D eigenvalue weighted by atomic mass is 9.85. The van der Waals surface area contributed by atoms with Crippen LogP contribution >= 0.6 is 0 Å². The van der Waals surface area contributed by atoms with E-state index in [2.05, 4.69) is 17.1 Å². The first-order valence-corrected chi connectivity index (χ1v) is 7.34. The van der Waals surface area contributed by atoms with Crippen molar-refractivity contribution in [2.75, 3.05) is 39.9 Å². The third-order valence-corrected chi connectivity index (χ3v) is 4.86. The Labute approximate surface area is 111 Å². The van der Waals surface area contributed by atoms with Gasteiger partial charge in [-0.05, 0) is 45.7 Å². The molecule has 0 aromatic carbocycles. The second-order valence-corrected chi connectivity index (χ2v) is 5.92. The summed E-state index contributed by atoms with van der Waals surface area (Å²) < 4.78 is 5.57. The fourth-order valence-corrected chi connectivity index (χ4v) is 3.61. The summed E-state index contributed by atoms with van der Waals surface area (Å²) in [5, 5.41) is 13.1. The molecule has 4 heteroatoms. The predicted molar refractivity (Wildman–Crippen MR) is 72.7 cm³/mol. The van der Waals surface area contributed by atoms with E-state index in [0.29, 0.717) is 12.0 Å². The Morgan fingerprint density at radius 1 is 1.50 bits per heavy atom. The van der Waals surface area contributed by atoms with Crippen LogP contribution in [0.4, 0.5) is 0 Å². The van der Waals surface area contributed by atoms with Gasteiger partial charge in [-0.15, -0.1) is 0 Å². The van der Waals surface area contributed by atoms with Crippen LogP contribution in [0.25, 0.3) is 0 Å². The van der Waals surface area contributed by atoms with Crippen molar-refractivity contribution in [1.82, 2.24) is 10.2 Å². The molecule has 2 aliphatic rings. The lowest BCUT2D eigenvalue weighted by molar-refractivity contribution is -0.0212. The number of aliphatic hydroxyl groups excluding tert-OH is 1. The number of ether oxygens (including phenoxy) is 1. The smallest absolute Gasteiger partial charge is 0.0674 e. The Morgan fingerprint density at radius 3 is 3.00 bits per heavy atom. The van der Waals surface area contributed by atoms with Crippen LogP contribution in [0.2, 0.25) is 0 Å². The summed E-state index contributed by atoms with van der Waals surface area (Å²) in [7, 11) is 1.99. The highest BCUT2D eigenvalue weighted by Crippen LogP contribution is 2.37. The molecule has 1 saturated heterocycles. The van der Waals surface area contributed by atoms with Crippen molar-refractivity contribution in [3.05, 3.63) is 0 Å². The van der Waals surface area contributed by atoms with Crippen LogP contribution in [0, 0.1) is 5.92 Å². The van der Waals surface area contributed by atoms with Crippen LogP contribution in [-0.2, 0) is 4.74 Å². The third kappa shape index (κ3) is 3.05. The molecule has 3 unspecified atom stereocenters. The van der Waals surface area contributed by atoms with E-state index in [1.165, 1.54) is 19.3 Å². The Bertz CT molecular complexity index is 256. The van der Waals surface area contributed by atoms with Crippen LogP contribution in [0.5, 0.6) is 0 Å². The lowest BCUT2D eigenvalue weighted by Crippen LogP contribution is -2.50. The molecule has 0 radical (unpaired) electrons. The summed E-state index contributed by atoms with van der Waals surface area (Å²) in [4.78, 5) is 2.50. The minimum Gasteiger partial charge on any atom is -0.394 e. The molecule has 1 aliphatic carbocycles. The molecule has 106 valence electrons. The fraction of sp³-hybridized carbons (Fsp3) is 1.00. The molecular formula is C14H28N2O2. The fourth-order valence-electron chi connectivity index (χ4n) is 3.61. The third-order valence-electron chi connectivity index (χ3n) is 4.86. The van der Waals surface area contributed by atoms with Crippen molar-refractivity contribution in [2.24, 2.45) is 5.92 Å². The summed E-state index contributed by atoms with van der Waals surface area (Å²) in [6, 6.07) is 0. The second-order valence-electron chi connectivity index (χ2n) is 5.92. The number of likely N-dealkylation sites (N-methyl/N-ethyl adjacent to an activating group) is 1. The first kappa shape index (κ1) is 14.3. The largest absolute Gasteiger partial charge is 0.394 e. The molecule has 2 fully saturated rings. The Balaban J connectivity index is 1.82. The van der Waals surface area contributed by atoms with Crippen molar-refractivity contribution >= 4 is 0 Å². The van der Waals surface area contributed by atoms with E-state index < -0.39 is 0 Å². The Kier molecular flexibility index (Phi) is 5.01. The summed E-state index contributed by atoms with van der Waals surface area (Å²) in [6.07, 6.45) is 5.17. The maximum atomic E-state index is 9.67. The minimum absolute atomic E-state index is 0.0160. The standard InChI is InChI=1S/C14H28N2O2/c1-12-10-16(8-9-18-12)7-5-13-4-3-6-14(13,11-17)15-2/h12-13,15,17H,3-11H2,1-2H3. The number of nitrogens with zero attached hydrogens (tertiary/aromatic N) is 1. The average molecular weight is 256 g/mol. The highest BCUT2D eigenvalue weighted by atomic mass is 16.5. The van der Waals surface area contributed by atoms with Crippen LogP contribution < -0.4 is 5.32 Å². The molecule has 2 N–H and O–H groups in total. The van der Waals surface area contributed by atoms with Crippen LogP contribution in [0.3, 0.4) is 0 Å². The number of morpholine rings is 1. The number of rotatable bonds is 5. The van der Waals surface area contributed by atoms with Gasteiger partial charge in [-0.2, -0.15) is 0 Å². The molecule has 4 nitrogen and oxygen atoms in total. The van der Waals surface area contributed by atoms with Gasteiger partial charge in [0.1, 0.15) is 0 Å². The SMILES string of the molecule is CNC1(CO)CCCC1CCN1CCOC(C)C1. The van der Waals surface area contributed by atoms with Gasteiger partial charge in [-0.25, -0.2) is 0 Å². The molecule has 0 amide bonds. The van der Waals surface area contributed by atoms with E-state index in [9.17, 15) is 5.11 Å². The maximum absolute atomic E-state index is 9.67. The average Bonchev–Trinajstić information content (AvgIpc) is 2.80. The number of hydrogen-bond acceptors (Lipinski definition) is 4. The van der Waals surface area contributed by atoms with Gasteiger partial charge in [-0.3, -0.25) is 4.90 Å². The van der Waals surface area contributed by atoms with Gasteiger partial charge >= 0.3 is 0 Å². The van der Waals surface area contributed by atoms with E-state index >= 15 is 0 Å². The molecule has 0 spiro atoms. The Hall–Kier alpha value is -0.160. The monoisotopic (exact) mass is 256 g/mol. The first-order chi connectivity index (χ1) is 8.70. The normalized spacial score (nSPS) is 38.2. The van der Waals surface area contributed by atoms with E-state index in [0.717, 1.165) is 32.7 Å². The summed E-state index contributed by atoms with van der Waals surface area (Å²) in [5.41, 5.74) is -0.0160. The molecule has 0 aromatic heterocycles. The van der Waals surface area contributed by atoms with Gasteiger partial charge in [0.25, 0.3) is 0 Å². The number of nitrogens with one attached hydrogen (secondary N) is 1. The minimum atomic E-state index is -0.0160. The second kappa shape index (κ2) is 6.33. The highest BCUT2D eigenvalue weighted by molar-refractivity contribution is 4.98. The highest BCUT2D eigenvalue weighted by Gasteiger charge is 2.40. The predicted octanol–water partition coefficient (Wildman–Crippen LogP) is 0.848. The van der Waals surface area contributed by atoms with Crippen molar-refractivity contribution in [3.8, 4) is 0 Å². The molecular weight excluding hydrogens is 228 g/mol. The van der Waals surface area contributed by atoms with Crippen LogP contribution in [0.1, 0.15) is 32.6 Å². The maximum Gasteiger partial charge on any atom is 0.0674 e. The molecule has 1 saturated carbocycles. The van der Waals surface area contributed by atoms with Gasteiger partial charge in [0, 0.05) is 18.6 Å². The first-order valence-electron chi connectivity index (χ1n) is 7.34. The molecule has 1 aliphatic heterocycles. The van der Waals surface area contributed by atoms with Gasteiger partial charge < -0.3 is 15.2 Å². The summed E-state index contributed by atoms with van der Waals surface area (Å²) in [6.45, 7) is 6.53. The van der Waals surface area contributed by atoms with Gasteiger partial charge in [0.05, 0.1) is 19.3 Å². The summed E-state index contributed by atoms with van der Waals surface area (Å²) in [5.74, 6) is 0.616. The van der Waals surface area contributed by atoms with Crippen LogP contribution in [-0.4, -0.2) is 61.5 Å². The van der Waals surface area contributed by atoms with Crippen molar-refractivity contribution in [2.45, 2.75) is 44.2 Å². The van der Waals surface area contributed by atoms with Gasteiger partial charge in [0.15, 0.2) is 0 Å². The van der Waals surface area contributed by atoms with E-state index in [-0.39, 0.29) is 12.1 Å². The van der Waals surface area contributed by atoms with E-state index in [4.69, 9.17) is 4.74 Å². The topological polar surface area (TPSA) is 44.7 Å². The van der Waals surface area contributed by atoms with Gasteiger partial charge in [-0.1, -0.05) is 6.42 Å².